The Morgan fingerprint density at radius 2 is 1.89 bits per heavy atom. The molecule has 0 aliphatic carbocycles. The molecule has 3 heteroatoms. The van der Waals surface area contributed by atoms with E-state index in [4.69, 9.17) is 10.2 Å². The van der Waals surface area contributed by atoms with Crippen LogP contribution in [-0.4, -0.2) is 5.91 Å². The lowest BCUT2D eigenvalue weighted by Gasteiger charge is -1.98. The van der Waals surface area contributed by atoms with E-state index in [1.807, 2.05) is 18.2 Å². The van der Waals surface area contributed by atoms with Gasteiger partial charge in [0.1, 0.15) is 5.58 Å². The number of hydrogen-bond acceptors (Lipinski definition) is 2. The van der Waals surface area contributed by atoms with E-state index >= 15 is 0 Å². The zero-order valence-corrected chi connectivity index (χ0v) is 11.3. The van der Waals surface area contributed by atoms with Crippen LogP contribution in [0.1, 0.15) is 44.2 Å². The van der Waals surface area contributed by atoms with E-state index < -0.39 is 5.91 Å². The van der Waals surface area contributed by atoms with E-state index in [1.165, 1.54) is 12.8 Å². The highest BCUT2D eigenvalue weighted by Gasteiger charge is 2.06. The van der Waals surface area contributed by atoms with Crippen LogP contribution < -0.4 is 5.73 Å². The maximum atomic E-state index is 10.7. The van der Waals surface area contributed by atoms with Crippen molar-refractivity contribution in [3.05, 3.63) is 36.1 Å². The maximum Gasteiger partial charge on any atom is 0.284 e. The van der Waals surface area contributed by atoms with Crippen LogP contribution in [0.5, 0.6) is 0 Å². The lowest BCUT2D eigenvalue weighted by atomic mass is 10.1. The molecule has 0 saturated carbocycles. The van der Waals surface area contributed by atoms with Crippen LogP contribution >= 0.6 is 0 Å². The molecule has 0 radical (unpaired) electrons. The summed E-state index contributed by atoms with van der Waals surface area (Å²) in [5, 5.41) is 0.895. The molecule has 2 N–H and O–H groups in total. The van der Waals surface area contributed by atoms with Gasteiger partial charge in [-0.1, -0.05) is 51.8 Å². The molecule has 1 aromatic heterocycles. The predicted molar refractivity (Wildman–Crippen MR) is 74.5 cm³/mol. The summed E-state index contributed by atoms with van der Waals surface area (Å²) in [5.74, 6) is 0.604. The second-order valence-corrected chi connectivity index (χ2v) is 4.43. The molecule has 18 heavy (non-hydrogen) atoms. The molecule has 0 bridgehead atoms. The van der Waals surface area contributed by atoms with Gasteiger partial charge in [-0.05, 0) is 18.1 Å². The molecule has 0 aliphatic heterocycles. The van der Waals surface area contributed by atoms with Gasteiger partial charge in [0, 0.05) is 5.39 Å². The first kappa shape index (κ1) is 14.3. The Bertz CT molecular complexity index is 465. The van der Waals surface area contributed by atoms with Crippen molar-refractivity contribution < 1.29 is 9.21 Å². The minimum Gasteiger partial charge on any atom is -0.451 e. The van der Waals surface area contributed by atoms with E-state index in [2.05, 4.69) is 20.8 Å². The quantitative estimate of drug-likeness (QED) is 0.892. The first-order valence-corrected chi connectivity index (χ1v) is 6.36. The number of amides is 1. The van der Waals surface area contributed by atoms with Gasteiger partial charge in [-0.3, -0.25) is 4.79 Å². The summed E-state index contributed by atoms with van der Waals surface area (Å²) < 4.78 is 5.15. The second kappa shape index (κ2) is 6.84. The van der Waals surface area contributed by atoms with Crippen LogP contribution in [0.3, 0.4) is 0 Å². The van der Waals surface area contributed by atoms with E-state index in [0.717, 1.165) is 11.3 Å². The van der Waals surface area contributed by atoms with Gasteiger partial charge in [0.25, 0.3) is 5.91 Å². The lowest BCUT2D eigenvalue weighted by molar-refractivity contribution is 0.0976. The summed E-state index contributed by atoms with van der Waals surface area (Å²) in [5.41, 5.74) is 5.73. The number of carbonyl (C=O) groups is 1. The number of nitrogens with two attached hydrogens (primary N) is 1. The smallest absolute Gasteiger partial charge is 0.284 e. The highest BCUT2D eigenvalue weighted by Crippen LogP contribution is 2.17. The SMILES string of the molecule is CCC(C)CC.NC(=O)c1cc2ccccc2o1. The van der Waals surface area contributed by atoms with Crippen molar-refractivity contribution in [3.8, 4) is 0 Å². The summed E-state index contributed by atoms with van der Waals surface area (Å²) in [6.45, 7) is 6.74. The predicted octanol–water partition coefficient (Wildman–Crippen LogP) is 3.97. The van der Waals surface area contributed by atoms with E-state index in [1.54, 1.807) is 12.1 Å². The van der Waals surface area contributed by atoms with Crippen LogP contribution in [0.25, 0.3) is 11.0 Å². The monoisotopic (exact) mass is 247 g/mol. The first-order valence-electron chi connectivity index (χ1n) is 6.36. The minimum absolute atomic E-state index is 0.205. The molecule has 1 amide bonds. The standard InChI is InChI=1S/C9H7NO2.C6H14/c10-9(11)8-5-6-3-1-2-4-7(6)12-8;1-4-6(3)5-2/h1-5H,(H2,10,11);6H,4-5H2,1-3H3. The summed E-state index contributed by atoms with van der Waals surface area (Å²) in [6.07, 6.45) is 2.66. The number of primary amides is 1. The third-order valence-corrected chi connectivity index (χ3v) is 3.06. The molecule has 0 atom stereocenters. The molecule has 0 aliphatic rings. The summed E-state index contributed by atoms with van der Waals surface area (Å²) in [4.78, 5) is 10.7. The number of benzene rings is 1. The van der Waals surface area contributed by atoms with Crippen molar-refractivity contribution in [2.24, 2.45) is 11.7 Å². The molecule has 1 heterocycles. The lowest BCUT2D eigenvalue weighted by Crippen LogP contribution is -2.08. The fourth-order valence-electron chi connectivity index (χ4n) is 1.39. The molecule has 0 saturated heterocycles. The maximum absolute atomic E-state index is 10.7. The van der Waals surface area contributed by atoms with Gasteiger partial charge in [0.05, 0.1) is 0 Å². The normalized spacial score (nSPS) is 10.2. The van der Waals surface area contributed by atoms with Gasteiger partial charge in [-0.15, -0.1) is 0 Å². The number of rotatable bonds is 3. The average Bonchev–Trinajstić information content (AvgIpc) is 2.82. The molecule has 0 spiro atoms. The molecule has 0 unspecified atom stereocenters. The first-order chi connectivity index (χ1) is 8.58. The van der Waals surface area contributed by atoms with Crippen LogP contribution in [0.15, 0.2) is 34.7 Å². The van der Waals surface area contributed by atoms with E-state index in [-0.39, 0.29) is 5.76 Å². The Hall–Kier alpha value is -1.77. The highest BCUT2D eigenvalue weighted by molar-refractivity contribution is 5.94. The average molecular weight is 247 g/mol. The highest BCUT2D eigenvalue weighted by atomic mass is 16.3. The van der Waals surface area contributed by atoms with Gasteiger partial charge >= 0.3 is 0 Å². The molecule has 0 fully saturated rings. The van der Waals surface area contributed by atoms with E-state index in [0.29, 0.717) is 5.58 Å². The fraction of sp³-hybridized carbons (Fsp3) is 0.400. The van der Waals surface area contributed by atoms with Crippen molar-refractivity contribution in [1.29, 1.82) is 0 Å². The van der Waals surface area contributed by atoms with Gasteiger partial charge in [0.15, 0.2) is 5.76 Å². The Morgan fingerprint density at radius 1 is 1.28 bits per heavy atom. The van der Waals surface area contributed by atoms with Crippen LogP contribution in [0.4, 0.5) is 0 Å². The van der Waals surface area contributed by atoms with E-state index in [9.17, 15) is 4.79 Å². The Kier molecular flexibility index (Phi) is 5.43. The molecule has 2 aromatic rings. The molecule has 1 aromatic carbocycles. The Labute approximate surface area is 108 Å². The van der Waals surface area contributed by atoms with Crippen LogP contribution in [0, 0.1) is 5.92 Å². The number of carbonyl (C=O) groups excluding carboxylic acids is 1. The summed E-state index contributed by atoms with van der Waals surface area (Å²) in [6, 6.07) is 9.02. The van der Waals surface area contributed by atoms with Crippen molar-refractivity contribution in [2.45, 2.75) is 33.6 Å². The zero-order chi connectivity index (χ0) is 13.5. The van der Waals surface area contributed by atoms with Gasteiger partial charge < -0.3 is 10.2 Å². The van der Waals surface area contributed by atoms with Gasteiger partial charge in [-0.25, -0.2) is 0 Å². The number of furan rings is 1. The number of fused-ring (bicyclic) bond motifs is 1. The fourth-order valence-corrected chi connectivity index (χ4v) is 1.39. The number of hydrogen-bond donors (Lipinski definition) is 1. The minimum atomic E-state index is -0.536. The van der Waals surface area contributed by atoms with Crippen molar-refractivity contribution in [3.63, 3.8) is 0 Å². The van der Waals surface area contributed by atoms with Crippen molar-refractivity contribution >= 4 is 16.9 Å². The largest absolute Gasteiger partial charge is 0.451 e. The van der Waals surface area contributed by atoms with Gasteiger partial charge in [0.2, 0.25) is 0 Å². The van der Waals surface area contributed by atoms with Crippen molar-refractivity contribution in [1.82, 2.24) is 0 Å². The Balaban J connectivity index is 0.000000232. The third-order valence-electron chi connectivity index (χ3n) is 3.06. The summed E-state index contributed by atoms with van der Waals surface area (Å²) in [7, 11) is 0. The topological polar surface area (TPSA) is 56.2 Å². The molecule has 3 nitrogen and oxygen atoms in total. The second-order valence-electron chi connectivity index (χ2n) is 4.43. The van der Waals surface area contributed by atoms with Crippen molar-refractivity contribution in [2.75, 3.05) is 0 Å². The number of para-hydroxylation sites is 1. The summed E-state index contributed by atoms with van der Waals surface area (Å²) >= 11 is 0. The Morgan fingerprint density at radius 3 is 2.33 bits per heavy atom. The van der Waals surface area contributed by atoms with Gasteiger partial charge in [-0.2, -0.15) is 0 Å². The molecule has 98 valence electrons. The zero-order valence-electron chi connectivity index (χ0n) is 11.3. The molecule has 2 rings (SSSR count). The molecular formula is C15H21NO2. The van der Waals surface area contributed by atoms with Crippen LogP contribution in [-0.2, 0) is 0 Å². The third kappa shape index (κ3) is 3.91. The molecular weight excluding hydrogens is 226 g/mol. The van der Waals surface area contributed by atoms with Crippen LogP contribution in [0.2, 0.25) is 0 Å².